The van der Waals surface area contributed by atoms with Gasteiger partial charge in [-0.25, -0.2) is 4.79 Å². The van der Waals surface area contributed by atoms with Crippen molar-refractivity contribution in [3.63, 3.8) is 0 Å². The molecule has 0 saturated carbocycles. The number of hydrogen-bond acceptors (Lipinski definition) is 3. The minimum Gasteiger partial charge on any atom is -0.480 e. The normalized spacial score (nSPS) is 12.3. The van der Waals surface area contributed by atoms with Gasteiger partial charge in [-0.05, 0) is 42.5 Å². The number of carbonyl (C=O) groups excluding carboxylic acids is 2. The van der Waals surface area contributed by atoms with E-state index in [0.717, 1.165) is 0 Å². The molecule has 6 nitrogen and oxygen atoms in total. The second-order valence-corrected chi connectivity index (χ2v) is 6.72. The number of hydrogen-bond donors (Lipinski definition) is 3. The van der Waals surface area contributed by atoms with Gasteiger partial charge in [0.05, 0.1) is 0 Å². The van der Waals surface area contributed by atoms with Crippen molar-refractivity contribution in [3.05, 3.63) is 29.8 Å². The Kier molecular flexibility index (Phi) is 6.30. The monoisotopic (exact) mass is 320 g/mol. The number of nitrogens with one attached hydrogen (secondary N) is 2. The Labute approximate surface area is 136 Å². The molecule has 0 aromatic heterocycles. The molecule has 1 atom stereocenters. The maximum atomic E-state index is 12.2. The fraction of sp³-hybridized carbons (Fsp3) is 0.471. The summed E-state index contributed by atoms with van der Waals surface area (Å²) in [7, 11) is 0. The molecule has 6 heteroatoms. The number of carboxylic acids is 1. The van der Waals surface area contributed by atoms with Crippen molar-refractivity contribution in [3.8, 4) is 0 Å². The lowest BCUT2D eigenvalue weighted by molar-refractivity contribution is -0.139. The first-order valence-corrected chi connectivity index (χ1v) is 7.50. The summed E-state index contributed by atoms with van der Waals surface area (Å²) in [4.78, 5) is 34.4. The minimum atomic E-state index is -1.04. The summed E-state index contributed by atoms with van der Waals surface area (Å²) in [6.07, 6.45) is 1.06. The Balaban J connectivity index is 2.71. The zero-order chi connectivity index (χ0) is 17.6. The molecule has 1 aromatic rings. The van der Waals surface area contributed by atoms with E-state index in [4.69, 9.17) is 0 Å². The molecule has 0 saturated heterocycles. The fourth-order valence-electron chi connectivity index (χ4n) is 1.98. The van der Waals surface area contributed by atoms with Crippen LogP contribution in [0.5, 0.6) is 0 Å². The molecule has 0 radical (unpaired) electrons. The lowest BCUT2D eigenvalue weighted by Gasteiger charge is -2.21. The van der Waals surface area contributed by atoms with Crippen molar-refractivity contribution >= 4 is 23.5 Å². The van der Waals surface area contributed by atoms with Gasteiger partial charge in [-0.15, -0.1) is 0 Å². The summed E-state index contributed by atoms with van der Waals surface area (Å²) in [5.74, 6) is -1.69. The first-order valence-electron chi connectivity index (χ1n) is 7.50. The Morgan fingerprint density at radius 3 is 2.13 bits per heavy atom. The van der Waals surface area contributed by atoms with Gasteiger partial charge in [0.15, 0.2) is 0 Å². The Morgan fingerprint density at radius 2 is 1.70 bits per heavy atom. The van der Waals surface area contributed by atoms with Crippen LogP contribution in [-0.2, 0) is 9.59 Å². The SMILES string of the molecule is CC(=O)Nc1ccc(C(=O)NC(CCC(C)(C)C)C(=O)O)cc1. The topological polar surface area (TPSA) is 95.5 Å². The van der Waals surface area contributed by atoms with Crippen molar-refractivity contribution < 1.29 is 19.5 Å². The fourth-order valence-corrected chi connectivity index (χ4v) is 1.98. The highest BCUT2D eigenvalue weighted by Crippen LogP contribution is 2.21. The van der Waals surface area contributed by atoms with Gasteiger partial charge in [0, 0.05) is 18.2 Å². The van der Waals surface area contributed by atoms with Crippen LogP contribution in [0.2, 0.25) is 0 Å². The molecule has 0 aliphatic rings. The molecular weight excluding hydrogens is 296 g/mol. The Hall–Kier alpha value is -2.37. The van der Waals surface area contributed by atoms with E-state index in [-0.39, 0.29) is 11.3 Å². The Bertz CT molecular complexity index is 573. The molecule has 1 rings (SSSR count). The molecule has 0 spiro atoms. The summed E-state index contributed by atoms with van der Waals surface area (Å²) in [5, 5.41) is 14.4. The van der Waals surface area contributed by atoms with Gasteiger partial charge < -0.3 is 15.7 Å². The molecule has 3 N–H and O–H groups in total. The van der Waals surface area contributed by atoms with E-state index < -0.39 is 17.9 Å². The largest absolute Gasteiger partial charge is 0.480 e. The van der Waals surface area contributed by atoms with E-state index in [9.17, 15) is 19.5 Å². The van der Waals surface area contributed by atoms with Crippen LogP contribution in [-0.4, -0.2) is 28.9 Å². The van der Waals surface area contributed by atoms with Gasteiger partial charge in [-0.3, -0.25) is 9.59 Å². The number of aliphatic carboxylic acids is 1. The van der Waals surface area contributed by atoms with Gasteiger partial charge in [-0.2, -0.15) is 0 Å². The molecular formula is C17H24N2O4. The highest BCUT2D eigenvalue weighted by molar-refractivity contribution is 5.97. The number of benzene rings is 1. The third-order valence-corrected chi connectivity index (χ3v) is 3.25. The molecule has 0 bridgehead atoms. The summed E-state index contributed by atoms with van der Waals surface area (Å²) in [5.41, 5.74) is 0.927. The second kappa shape index (κ2) is 7.76. The summed E-state index contributed by atoms with van der Waals surface area (Å²) < 4.78 is 0. The van der Waals surface area contributed by atoms with Gasteiger partial charge in [0.25, 0.3) is 5.91 Å². The van der Waals surface area contributed by atoms with Crippen LogP contribution in [0.25, 0.3) is 0 Å². The zero-order valence-electron chi connectivity index (χ0n) is 14.0. The van der Waals surface area contributed by atoms with Crippen molar-refractivity contribution in [1.82, 2.24) is 5.32 Å². The van der Waals surface area contributed by atoms with Crippen molar-refractivity contribution in [2.45, 2.75) is 46.6 Å². The summed E-state index contributed by atoms with van der Waals surface area (Å²) in [6.45, 7) is 7.46. The van der Waals surface area contributed by atoms with Crippen LogP contribution in [0.1, 0.15) is 50.9 Å². The minimum absolute atomic E-state index is 0.00155. The van der Waals surface area contributed by atoms with Crippen molar-refractivity contribution in [2.24, 2.45) is 5.41 Å². The first kappa shape index (κ1) is 18.7. The van der Waals surface area contributed by atoms with Crippen molar-refractivity contribution in [1.29, 1.82) is 0 Å². The van der Waals surface area contributed by atoms with E-state index in [1.165, 1.54) is 6.92 Å². The number of carboxylic acid groups (broad SMARTS) is 1. The van der Waals surface area contributed by atoms with Crippen molar-refractivity contribution in [2.75, 3.05) is 5.32 Å². The smallest absolute Gasteiger partial charge is 0.326 e. The quantitative estimate of drug-likeness (QED) is 0.751. The van der Waals surface area contributed by atoms with Crippen LogP contribution in [0.4, 0.5) is 5.69 Å². The number of anilines is 1. The van der Waals surface area contributed by atoms with Crippen LogP contribution in [0.15, 0.2) is 24.3 Å². The molecule has 0 fully saturated rings. The molecule has 2 amide bonds. The molecule has 1 aromatic carbocycles. The predicted molar refractivity (Wildman–Crippen MR) is 88.3 cm³/mol. The van der Waals surface area contributed by atoms with Gasteiger partial charge in [0.1, 0.15) is 6.04 Å². The lowest BCUT2D eigenvalue weighted by atomic mass is 9.88. The maximum absolute atomic E-state index is 12.2. The van der Waals surface area contributed by atoms with Crippen LogP contribution >= 0.6 is 0 Å². The van der Waals surface area contributed by atoms with E-state index >= 15 is 0 Å². The van der Waals surface area contributed by atoms with E-state index in [1.54, 1.807) is 24.3 Å². The van der Waals surface area contributed by atoms with Gasteiger partial charge in [0.2, 0.25) is 5.91 Å². The number of carbonyl (C=O) groups is 3. The van der Waals surface area contributed by atoms with Crippen LogP contribution in [0, 0.1) is 5.41 Å². The highest BCUT2D eigenvalue weighted by Gasteiger charge is 2.23. The lowest BCUT2D eigenvalue weighted by Crippen LogP contribution is -2.41. The maximum Gasteiger partial charge on any atom is 0.326 e. The molecule has 0 heterocycles. The first-order chi connectivity index (χ1) is 10.6. The van der Waals surface area contributed by atoms with Gasteiger partial charge >= 0.3 is 5.97 Å². The summed E-state index contributed by atoms with van der Waals surface area (Å²) in [6, 6.07) is 5.37. The average molecular weight is 320 g/mol. The molecule has 126 valence electrons. The third kappa shape index (κ3) is 6.95. The number of amides is 2. The predicted octanol–water partition coefficient (Wildman–Crippen LogP) is 2.65. The highest BCUT2D eigenvalue weighted by atomic mass is 16.4. The third-order valence-electron chi connectivity index (χ3n) is 3.25. The molecule has 23 heavy (non-hydrogen) atoms. The second-order valence-electron chi connectivity index (χ2n) is 6.72. The van der Waals surface area contributed by atoms with Crippen LogP contribution in [0.3, 0.4) is 0 Å². The standard InChI is InChI=1S/C17H24N2O4/c1-11(20)18-13-7-5-12(6-8-13)15(21)19-14(16(22)23)9-10-17(2,3)4/h5-8,14H,9-10H2,1-4H3,(H,18,20)(H,19,21)(H,22,23). The molecule has 0 aliphatic heterocycles. The van der Waals surface area contributed by atoms with E-state index in [1.807, 2.05) is 20.8 Å². The van der Waals surface area contributed by atoms with Crippen LogP contribution < -0.4 is 10.6 Å². The molecule has 1 unspecified atom stereocenters. The average Bonchev–Trinajstić information content (AvgIpc) is 2.42. The molecule has 0 aliphatic carbocycles. The van der Waals surface area contributed by atoms with Gasteiger partial charge in [-0.1, -0.05) is 20.8 Å². The Morgan fingerprint density at radius 1 is 1.13 bits per heavy atom. The number of rotatable bonds is 6. The zero-order valence-corrected chi connectivity index (χ0v) is 14.0. The summed E-state index contributed by atoms with van der Waals surface area (Å²) >= 11 is 0. The van der Waals surface area contributed by atoms with E-state index in [0.29, 0.717) is 24.1 Å². The van der Waals surface area contributed by atoms with E-state index in [2.05, 4.69) is 10.6 Å².